The number of nitrogens with one attached hydrogen (secondary N) is 2. The number of hydrogen-bond acceptors (Lipinski definition) is 4. The summed E-state index contributed by atoms with van der Waals surface area (Å²) in [6.07, 6.45) is -3.78. The smallest absolute Gasteiger partial charge is 0.390 e. The maximum atomic E-state index is 13.9. The van der Waals surface area contributed by atoms with Crippen molar-refractivity contribution in [1.29, 1.82) is 0 Å². The summed E-state index contributed by atoms with van der Waals surface area (Å²) in [4.78, 5) is 28.7. The van der Waals surface area contributed by atoms with Crippen molar-refractivity contribution >= 4 is 11.8 Å². The van der Waals surface area contributed by atoms with Gasteiger partial charge in [-0.1, -0.05) is 66.7 Å². The molecule has 2 amide bonds. The molecule has 0 saturated carbocycles. The number of alkyl halides is 3. The Morgan fingerprint density at radius 1 is 0.870 bits per heavy atom. The van der Waals surface area contributed by atoms with Crippen LogP contribution in [0.2, 0.25) is 0 Å². The quantitative estimate of drug-likeness (QED) is 0.169. The van der Waals surface area contributed by atoms with Gasteiger partial charge in [0.05, 0.1) is 23.8 Å². The third-order valence-corrected chi connectivity index (χ3v) is 8.14. The van der Waals surface area contributed by atoms with Crippen molar-refractivity contribution in [3.05, 3.63) is 142 Å². The molecule has 10 heteroatoms. The van der Waals surface area contributed by atoms with Crippen molar-refractivity contribution in [3.63, 3.8) is 0 Å². The Labute approximate surface area is 265 Å². The average molecular weight is 634 g/mol. The van der Waals surface area contributed by atoms with Gasteiger partial charge >= 0.3 is 6.18 Å². The molecule has 0 bridgehead atoms. The van der Waals surface area contributed by atoms with Gasteiger partial charge in [-0.05, 0) is 72.4 Å². The second-order valence-electron chi connectivity index (χ2n) is 11.5. The normalized spacial score (nSPS) is 16.2. The molecule has 3 atom stereocenters. The standard InChI is InChI=1S/C36H35F4N3O3/c37-30-15-6-11-26(21-30)32-16-7-17-43(32)35(46)28-13-5-12-27(20-28)34(45)42-31(19-24-8-2-1-3-9-24)33(44)23-41-22-25-10-4-14-29(18-25)36(38,39)40/h1-6,8-15,18,20-21,31-33,41,44H,7,16-17,19,22-23H2,(H,42,45)/t31-,32?,33-/m0/s1. The van der Waals surface area contributed by atoms with E-state index in [9.17, 15) is 32.3 Å². The van der Waals surface area contributed by atoms with Gasteiger partial charge in [0, 0.05) is 30.8 Å². The highest BCUT2D eigenvalue weighted by Gasteiger charge is 2.32. The lowest BCUT2D eigenvalue weighted by molar-refractivity contribution is -0.137. The summed E-state index contributed by atoms with van der Waals surface area (Å²) < 4.78 is 53.2. The lowest BCUT2D eigenvalue weighted by atomic mass is 10.00. The molecule has 46 heavy (non-hydrogen) atoms. The monoisotopic (exact) mass is 633 g/mol. The number of benzene rings is 4. The lowest BCUT2D eigenvalue weighted by Gasteiger charge is -2.26. The summed E-state index contributed by atoms with van der Waals surface area (Å²) in [7, 11) is 0. The molecular weight excluding hydrogens is 598 g/mol. The molecule has 240 valence electrons. The molecule has 0 spiro atoms. The SMILES string of the molecule is O=C(N[C@@H](Cc1ccccc1)[C@@H](O)CNCc1cccc(C(F)(F)F)c1)c1cccc(C(=O)N2CCCC2c2cccc(F)c2)c1. The van der Waals surface area contributed by atoms with Gasteiger partial charge in [-0.2, -0.15) is 13.2 Å². The van der Waals surface area contributed by atoms with E-state index in [1.807, 2.05) is 30.3 Å². The third-order valence-electron chi connectivity index (χ3n) is 8.14. The number of aliphatic hydroxyl groups excluding tert-OH is 1. The van der Waals surface area contributed by atoms with Crippen LogP contribution in [-0.4, -0.2) is 47.1 Å². The van der Waals surface area contributed by atoms with E-state index in [1.165, 1.54) is 24.3 Å². The fraction of sp³-hybridized carbons (Fsp3) is 0.278. The number of halogens is 4. The van der Waals surface area contributed by atoms with Crippen molar-refractivity contribution in [2.24, 2.45) is 0 Å². The molecule has 6 nitrogen and oxygen atoms in total. The van der Waals surface area contributed by atoms with Gasteiger partial charge in [0.2, 0.25) is 0 Å². The lowest BCUT2D eigenvalue weighted by Crippen LogP contribution is -2.48. The Balaban J connectivity index is 1.27. The maximum Gasteiger partial charge on any atom is 0.416 e. The minimum atomic E-state index is -4.46. The van der Waals surface area contributed by atoms with Crippen LogP contribution in [0.15, 0.2) is 103 Å². The summed E-state index contributed by atoms with van der Waals surface area (Å²) in [5.41, 5.74) is 1.79. The summed E-state index contributed by atoms with van der Waals surface area (Å²) in [6, 6.07) is 25.8. The minimum absolute atomic E-state index is 0.00296. The van der Waals surface area contributed by atoms with Crippen LogP contribution in [0.3, 0.4) is 0 Å². The molecule has 1 fully saturated rings. The van der Waals surface area contributed by atoms with Gasteiger partial charge in [-0.15, -0.1) is 0 Å². The van der Waals surface area contributed by atoms with Crippen LogP contribution in [0.5, 0.6) is 0 Å². The first-order chi connectivity index (χ1) is 22.1. The topological polar surface area (TPSA) is 81.7 Å². The number of rotatable bonds is 11. The van der Waals surface area contributed by atoms with Gasteiger partial charge < -0.3 is 20.6 Å². The van der Waals surface area contributed by atoms with Crippen LogP contribution in [0.1, 0.15) is 61.9 Å². The van der Waals surface area contributed by atoms with Crippen LogP contribution < -0.4 is 10.6 Å². The van der Waals surface area contributed by atoms with E-state index in [4.69, 9.17) is 0 Å². The molecular formula is C36H35F4N3O3. The first-order valence-electron chi connectivity index (χ1n) is 15.1. The average Bonchev–Trinajstić information content (AvgIpc) is 3.54. The molecule has 3 N–H and O–H groups in total. The van der Waals surface area contributed by atoms with Crippen molar-refractivity contribution in [2.75, 3.05) is 13.1 Å². The van der Waals surface area contributed by atoms with E-state index in [0.29, 0.717) is 30.5 Å². The molecule has 4 aromatic carbocycles. The van der Waals surface area contributed by atoms with E-state index >= 15 is 0 Å². The zero-order chi connectivity index (χ0) is 32.7. The first-order valence-corrected chi connectivity index (χ1v) is 15.1. The van der Waals surface area contributed by atoms with Gasteiger partial charge in [-0.25, -0.2) is 4.39 Å². The number of aliphatic hydroxyl groups is 1. The van der Waals surface area contributed by atoms with Crippen LogP contribution in [0, 0.1) is 5.82 Å². The van der Waals surface area contributed by atoms with Gasteiger partial charge in [0.25, 0.3) is 11.8 Å². The summed E-state index contributed by atoms with van der Waals surface area (Å²) in [5.74, 6) is -1.12. The second kappa shape index (κ2) is 14.7. The summed E-state index contributed by atoms with van der Waals surface area (Å²) in [6.45, 7) is 0.600. The highest BCUT2D eigenvalue weighted by molar-refractivity contribution is 6.00. The van der Waals surface area contributed by atoms with Crippen LogP contribution in [0.4, 0.5) is 17.6 Å². The Hall–Kier alpha value is -4.54. The van der Waals surface area contributed by atoms with Crippen LogP contribution in [0.25, 0.3) is 0 Å². The van der Waals surface area contributed by atoms with E-state index in [1.54, 1.807) is 41.3 Å². The fourth-order valence-corrected chi connectivity index (χ4v) is 5.80. The largest absolute Gasteiger partial charge is 0.416 e. The Bertz CT molecular complexity index is 1650. The highest BCUT2D eigenvalue weighted by Crippen LogP contribution is 2.33. The predicted molar refractivity (Wildman–Crippen MR) is 166 cm³/mol. The predicted octanol–water partition coefficient (Wildman–Crippen LogP) is 6.31. The number of amides is 2. The highest BCUT2D eigenvalue weighted by atomic mass is 19.4. The second-order valence-corrected chi connectivity index (χ2v) is 11.5. The number of carbonyl (C=O) groups excluding carboxylic acids is 2. The van der Waals surface area contributed by atoms with Gasteiger partial charge in [0.15, 0.2) is 0 Å². The molecule has 1 saturated heterocycles. The molecule has 1 aliphatic rings. The van der Waals surface area contributed by atoms with Gasteiger partial charge in [0.1, 0.15) is 5.82 Å². The maximum absolute atomic E-state index is 13.9. The number of likely N-dealkylation sites (tertiary alicyclic amines) is 1. The van der Waals surface area contributed by atoms with Crippen LogP contribution in [-0.2, 0) is 19.1 Å². The van der Waals surface area contributed by atoms with E-state index in [0.717, 1.165) is 29.7 Å². The molecule has 4 aromatic rings. The summed E-state index contributed by atoms with van der Waals surface area (Å²) >= 11 is 0. The van der Waals surface area contributed by atoms with Gasteiger partial charge in [-0.3, -0.25) is 9.59 Å². The van der Waals surface area contributed by atoms with Crippen molar-refractivity contribution < 1.29 is 32.3 Å². The number of nitrogens with zero attached hydrogens (tertiary/aromatic N) is 1. The molecule has 0 radical (unpaired) electrons. The Morgan fingerprint density at radius 2 is 1.59 bits per heavy atom. The zero-order valence-corrected chi connectivity index (χ0v) is 25.0. The zero-order valence-electron chi connectivity index (χ0n) is 25.0. The number of hydrogen-bond donors (Lipinski definition) is 3. The van der Waals surface area contributed by atoms with E-state index in [-0.39, 0.29) is 36.4 Å². The minimum Gasteiger partial charge on any atom is -0.390 e. The van der Waals surface area contributed by atoms with Crippen molar-refractivity contribution in [2.45, 2.75) is 50.2 Å². The Kier molecular flexibility index (Phi) is 10.5. The molecule has 0 aliphatic carbocycles. The van der Waals surface area contributed by atoms with E-state index in [2.05, 4.69) is 10.6 Å². The molecule has 1 aliphatic heterocycles. The fourth-order valence-electron chi connectivity index (χ4n) is 5.80. The van der Waals surface area contributed by atoms with E-state index < -0.39 is 29.8 Å². The molecule has 5 rings (SSSR count). The van der Waals surface area contributed by atoms with Crippen LogP contribution >= 0.6 is 0 Å². The molecule has 1 heterocycles. The Morgan fingerprint density at radius 3 is 2.35 bits per heavy atom. The molecule has 0 aromatic heterocycles. The number of carbonyl (C=O) groups is 2. The van der Waals surface area contributed by atoms with Crippen molar-refractivity contribution in [1.82, 2.24) is 15.5 Å². The first kappa shape index (κ1) is 32.8. The van der Waals surface area contributed by atoms with Crippen molar-refractivity contribution in [3.8, 4) is 0 Å². The summed E-state index contributed by atoms with van der Waals surface area (Å²) in [5, 5.41) is 17.0. The molecule has 1 unspecified atom stereocenters. The third kappa shape index (κ3) is 8.38.